The molecule has 2 rings (SSSR count). The molecule has 0 unspecified atom stereocenters. The first-order chi connectivity index (χ1) is 9.40. The van der Waals surface area contributed by atoms with Crippen molar-refractivity contribution >= 4 is 33.2 Å². The quantitative estimate of drug-likeness (QED) is 0.824. The molecule has 108 valence electrons. The molecule has 0 radical (unpaired) electrons. The first-order valence-corrected chi connectivity index (χ1v) is 7.97. The molecule has 2 heterocycles. The summed E-state index contributed by atoms with van der Waals surface area (Å²) in [4.78, 5) is 15.4. The standard InChI is InChI=1S/C14H17BrN2O2S/c1-8(2)13-12(9(3)16-19-13)14(18)17(4)7-10-5-6-11(15)20-10/h5-6,8H,7H2,1-4H3. The van der Waals surface area contributed by atoms with Crippen LogP contribution < -0.4 is 0 Å². The Kier molecular flexibility index (Phi) is 4.65. The minimum atomic E-state index is -0.0445. The van der Waals surface area contributed by atoms with Crippen LogP contribution in [0.4, 0.5) is 0 Å². The number of hydrogen-bond donors (Lipinski definition) is 0. The number of thiophene rings is 1. The molecule has 0 aliphatic rings. The molecule has 0 spiro atoms. The maximum atomic E-state index is 12.6. The van der Waals surface area contributed by atoms with Gasteiger partial charge in [0.15, 0.2) is 5.76 Å². The van der Waals surface area contributed by atoms with Gasteiger partial charge in [0.05, 0.1) is 16.0 Å². The molecular formula is C14H17BrN2O2S. The topological polar surface area (TPSA) is 46.3 Å². The molecule has 0 aliphatic heterocycles. The second-order valence-electron chi connectivity index (χ2n) is 5.03. The smallest absolute Gasteiger partial charge is 0.259 e. The van der Waals surface area contributed by atoms with E-state index in [4.69, 9.17) is 4.52 Å². The molecule has 0 aromatic carbocycles. The Hall–Kier alpha value is -1.14. The highest BCUT2D eigenvalue weighted by atomic mass is 79.9. The van der Waals surface area contributed by atoms with Crippen LogP contribution in [-0.4, -0.2) is 23.0 Å². The second kappa shape index (κ2) is 6.10. The van der Waals surface area contributed by atoms with Gasteiger partial charge < -0.3 is 9.42 Å². The molecule has 20 heavy (non-hydrogen) atoms. The van der Waals surface area contributed by atoms with Crippen LogP contribution in [0.1, 0.15) is 46.5 Å². The van der Waals surface area contributed by atoms with Crippen LogP contribution in [-0.2, 0) is 6.54 Å². The van der Waals surface area contributed by atoms with E-state index in [-0.39, 0.29) is 11.8 Å². The van der Waals surface area contributed by atoms with Gasteiger partial charge in [0.2, 0.25) is 0 Å². The summed E-state index contributed by atoms with van der Waals surface area (Å²) in [6, 6.07) is 4.00. The fourth-order valence-corrected chi connectivity index (χ4v) is 3.51. The van der Waals surface area contributed by atoms with Crippen molar-refractivity contribution in [2.75, 3.05) is 7.05 Å². The van der Waals surface area contributed by atoms with E-state index in [1.165, 1.54) is 0 Å². The van der Waals surface area contributed by atoms with Gasteiger partial charge in [-0.15, -0.1) is 11.3 Å². The summed E-state index contributed by atoms with van der Waals surface area (Å²) in [6.45, 7) is 6.37. The van der Waals surface area contributed by atoms with Crippen molar-refractivity contribution in [2.45, 2.75) is 33.2 Å². The van der Waals surface area contributed by atoms with Gasteiger partial charge >= 0.3 is 0 Å². The minimum Gasteiger partial charge on any atom is -0.360 e. The average Bonchev–Trinajstić information content (AvgIpc) is 2.94. The van der Waals surface area contributed by atoms with Crippen LogP contribution in [0.15, 0.2) is 20.4 Å². The third-order valence-corrected chi connectivity index (χ3v) is 4.60. The number of hydrogen-bond acceptors (Lipinski definition) is 4. The summed E-state index contributed by atoms with van der Waals surface area (Å²) in [7, 11) is 1.80. The van der Waals surface area contributed by atoms with Crippen molar-refractivity contribution in [3.8, 4) is 0 Å². The summed E-state index contributed by atoms with van der Waals surface area (Å²) in [6.07, 6.45) is 0. The molecule has 0 saturated heterocycles. The van der Waals surface area contributed by atoms with Crippen molar-refractivity contribution in [1.82, 2.24) is 10.1 Å². The Morgan fingerprint density at radius 3 is 2.75 bits per heavy atom. The molecule has 1 amide bonds. The lowest BCUT2D eigenvalue weighted by Gasteiger charge is -2.16. The van der Waals surface area contributed by atoms with Crippen molar-refractivity contribution in [3.63, 3.8) is 0 Å². The summed E-state index contributed by atoms with van der Waals surface area (Å²) >= 11 is 5.06. The zero-order chi connectivity index (χ0) is 14.9. The minimum absolute atomic E-state index is 0.0445. The predicted molar refractivity (Wildman–Crippen MR) is 83.1 cm³/mol. The molecular weight excluding hydrogens is 340 g/mol. The number of rotatable bonds is 4. The molecule has 2 aromatic rings. The average molecular weight is 357 g/mol. The molecule has 6 heteroatoms. The fourth-order valence-electron chi connectivity index (χ4n) is 1.97. The van der Waals surface area contributed by atoms with Crippen LogP contribution in [0.2, 0.25) is 0 Å². The van der Waals surface area contributed by atoms with Crippen LogP contribution in [0, 0.1) is 6.92 Å². The summed E-state index contributed by atoms with van der Waals surface area (Å²) in [5, 5.41) is 3.93. The monoisotopic (exact) mass is 356 g/mol. The van der Waals surface area contributed by atoms with E-state index in [0.29, 0.717) is 23.6 Å². The predicted octanol–water partition coefficient (Wildman–Crippen LogP) is 4.20. The molecule has 4 nitrogen and oxygen atoms in total. The molecule has 0 saturated carbocycles. The molecule has 0 aliphatic carbocycles. The molecule has 0 fully saturated rings. The van der Waals surface area contributed by atoms with Crippen molar-refractivity contribution in [3.05, 3.63) is 37.8 Å². The van der Waals surface area contributed by atoms with Crippen LogP contribution in [0.3, 0.4) is 0 Å². The maximum absolute atomic E-state index is 12.6. The number of nitrogens with zero attached hydrogens (tertiary/aromatic N) is 2. The number of carbonyl (C=O) groups excluding carboxylic acids is 1. The van der Waals surface area contributed by atoms with Crippen LogP contribution >= 0.6 is 27.3 Å². The maximum Gasteiger partial charge on any atom is 0.259 e. The highest BCUT2D eigenvalue weighted by molar-refractivity contribution is 9.11. The molecule has 0 bridgehead atoms. The number of halogens is 1. The van der Waals surface area contributed by atoms with Gasteiger partial charge in [-0.2, -0.15) is 0 Å². The lowest BCUT2D eigenvalue weighted by molar-refractivity contribution is 0.0783. The number of aromatic nitrogens is 1. The molecule has 0 N–H and O–H groups in total. The first-order valence-electron chi connectivity index (χ1n) is 6.36. The van der Waals surface area contributed by atoms with Gasteiger partial charge in [0.1, 0.15) is 5.56 Å². The van der Waals surface area contributed by atoms with Crippen molar-refractivity contribution in [2.24, 2.45) is 0 Å². The molecule has 0 atom stereocenters. The largest absolute Gasteiger partial charge is 0.360 e. The van der Waals surface area contributed by atoms with Crippen LogP contribution in [0.25, 0.3) is 0 Å². The summed E-state index contributed by atoms with van der Waals surface area (Å²) in [5.41, 5.74) is 1.25. The Morgan fingerprint density at radius 1 is 1.50 bits per heavy atom. The van der Waals surface area contributed by atoms with E-state index in [1.54, 1.807) is 30.2 Å². The summed E-state index contributed by atoms with van der Waals surface area (Å²) < 4.78 is 6.35. The van der Waals surface area contributed by atoms with E-state index < -0.39 is 0 Å². The van der Waals surface area contributed by atoms with E-state index >= 15 is 0 Å². The van der Waals surface area contributed by atoms with Gasteiger partial charge in [-0.25, -0.2) is 0 Å². The summed E-state index contributed by atoms with van der Waals surface area (Å²) in [5.74, 6) is 0.753. The SMILES string of the molecule is Cc1noc(C(C)C)c1C(=O)N(C)Cc1ccc(Br)s1. The van der Waals surface area contributed by atoms with Crippen LogP contribution in [0.5, 0.6) is 0 Å². The second-order valence-corrected chi connectivity index (χ2v) is 7.58. The Morgan fingerprint density at radius 2 is 2.20 bits per heavy atom. The zero-order valence-corrected chi connectivity index (χ0v) is 14.3. The Labute approximate surface area is 130 Å². The third kappa shape index (κ3) is 3.12. The van der Waals surface area contributed by atoms with Gasteiger partial charge in [-0.1, -0.05) is 19.0 Å². The first kappa shape index (κ1) is 15.3. The van der Waals surface area contributed by atoms with Crippen molar-refractivity contribution in [1.29, 1.82) is 0 Å². The van der Waals surface area contributed by atoms with E-state index in [2.05, 4.69) is 21.1 Å². The highest BCUT2D eigenvalue weighted by Crippen LogP contribution is 2.26. The fraction of sp³-hybridized carbons (Fsp3) is 0.429. The van der Waals surface area contributed by atoms with E-state index in [0.717, 1.165) is 8.66 Å². The lowest BCUT2D eigenvalue weighted by Crippen LogP contribution is -2.27. The van der Waals surface area contributed by atoms with E-state index in [9.17, 15) is 4.79 Å². The van der Waals surface area contributed by atoms with Crippen molar-refractivity contribution < 1.29 is 9.32 Å². The number of amides is 1. The zero-order valence-electron chi connectivity index (χ0n) is 11.9. The lowest BCUT2D eigenvalue weighted by atomic mass is 10.0. The normalized spacial score (nSPS) is 11.1. The highest BCUT2D eigenvalue weighted by Gasteiger charge is 2.25. The Balaban J connectivity index is 2.20. The van der Waals surface area contributed by atoms with Gasteiger partial charge in [0.25, 0.3) is 5.91 Å². The van der Waals surface area contributed by atoms with Gasteiger partial charge in [-0.3, -0.25) is 4.79 Å². The third-order valence-electron chi connectivity index (χ3n) is 3.00. The van der Waals surface area contributed by atoms with Gasteiger partial charge in [0, 0.05) is 17.8 Å². The van der Waals surface area contributed by atoms with E-state index in [1.807, 2.05) is 26.0 Å². The Bertz CT molecular complexity index is 618. The van der Waals surface area contributed by atoms with Gasteiger partial charge in [-0.05, 0) is 35.0 Å². The number of carbonyl (C=O) groups is 1. The molecule has 2 aromatic heterocycles. The number of aryl methyl sites for hydroxylation is 1.